The van der Waals surface area contributed by atoms with E-state index < -0.39 is 0 Å². The monoisotopic (exact) mass is 309 g/mol. The standard InChI is InChI=1S/C19H23N3O/c1-2-4-17-5-3-12-22(17)19(23)15-8-6-14(7-9-15)18-13-16(20)10-11-21-18/h6-11,13,17H,2-5,12H2,1H3,(H2,20,21)/t17-/m0/s1. The number of hydrogen-bond acceptors (Lipinski definition) is 3. The molecule has 1 aliphatic rings. The Morgan fingerprint density at radius 1 is 1.30 bits per heavy atom. The SMILES string of the molecule is CCC[C@H]1CCCN1C(=O)c1ccc(-c2cc(N)ccn2)cc1. The third-order valence-electron chi connectivity index (χ3n) is 4.47. The number of likely N-dealkylation sites (tertiary alicyclic amines) is 1. The van der Waals surface area contributed by atoms with Gasteiger partial charge < -0.3 is 10.6 Å². The second-order valence-corrected chi connectivity index (χ2v) is 6.14. The van der Waals surface area contributed by atoms with Crippen LogP contribution in [0.1, 0.15) is 43.0 Å². The van der Waals surface area contributed by atoms with Gasteiger partial charge in [-0.2, -0.15) is 0 Å². The van der Waals surface area contributed by atoms with Crippen molar-refractivity contribution in [3.8, 4) is 11.3 Å². The summed E-state index contributed by atoms with van der Waals surface area (Å²) >= 11 is 0. The van der Waals surface area contributed by atoms with Crippen LogP contribution in [0.3, 0.4) is 0 Å². The van der Waals surface area contributed by atoms with Gasteiger partial charge in [0.15, 0.2) is 0 Å². The Morgan fingerprint density at radius 3 is 2.78 bits per heavy atom. The molecule has 0 saturated carbocycles. The number of rotatable bonds is 4. The zero-order valence-electron chi connectivity index (χ0n) is 13.5. The van der Waals surface area contributed by atoms with Gasteiger partial charge in [0, 0.05) is 35.6 Å². The lowest BCUT2D eigenvalue weighted by Gasteiger charge is -2.24. The van der Waals surface area contributed by atoms with Gasteiger partial charge in [-0.25, -0.2) is 0 Å². The average molecular weight is 309 g/mol. The van der Waals surface area contributed by atoms with Gasteiger partial charge in [-0.3, -0.25) is 9.78 Å². The Morgan fingerprint density at radius 2 is 2.09 bits per heavy atom. The topological polar surface area (TPSA) is 59.2 Å². The van der Waals surface area contributed by atoms with Gasteiger partial charge in [-0.1, -0.05) is 25.5 Å². The molecule has 3 rings (SSSR count). The van der Waals surface area contributed by atoms with Crippen LogP contribution in [0, 0.1) is 0 Å². The van der Waals surface area contributed by atoms with Gasteiger partial charge in [0.2, 0.25) is 0 Å². The fraction of sp³-hybridized carbons (Fsp3) is 0.368. The van der Waals surface area contributed by atoms with E-state index in [0.717, 1.165) is 49.0 Å². The van der Waals surface area contributed by atoms with Crippen LogP contribution in [0.25, 0.3) is 11.3 Å². The molecule has 0 unspecified atom stereocenters. The minimum atomic E-state index is 0.146. The molecule has 2 aromatic rings. The van der Waals surface area contributed by atoms with Gasteiger partial charge in [0.1, 0.15) is 0 Å². The molecule has 4 heteroatoms. The number of nitrogen functional groups attached to an aromatic ring is 1. The lowest BCUT2D eigenvalue weighted by Crippen LogP contribution is -2.35. The number of benzene rings is 1. The maximum atomic E-state index is 12.7. The van der Waals surface area contributed by atoms with Gasteiger partial charge in [-0.05, 0) is 43.5 Å². The maximum Gasteiger partial charge on any atom is 0.254 e. The average Bonchev–Trinajstić information content (AvgIpc) is 3.03. The van der Waals surface area contributed by atoms with Crippen molar-refractivity contribution in [1.29, 1.82) is 0 Å². The summed E-state index contributed by atoms with van der Waals surface area (Å²) in [6, 6.07) is 11.7. The molecule has 0 aliphatic carbocycles. The first-order valence-electron chi connectivity index (χ1n) is 8.32. The highest BCUT2D eigenvalue weighted by molar-refractivity contribution is 5.95. The van der Waals surface area contributed by atoms with Gasteiger partial charge in [-0.15, -0.1) is 0 Å². The number of carbonyl (C=O) groups excluding carboxylic acids is 1. The molecule has 2 N–H and O–H groups in total. The smallest absolute Gasteiger partial charge is 0.254 e. The van der Waals surface area contributed by atoms with E-state index in [1.54, 1.807) is 12.3 Å². The van der Waals surface area contributed by atoms with Gasteiger partial charge in [0.05, 0.1) is 5.69 Å². The Labute approximate surface area is 137 Å². The number of hydrogen-bond donors (Lipinski definition) is 1. The first kappa shape index (κ1) is 15.5. The molecule has 1 fully saturated rings. The molecule has 1 aliphatic heterocycles. The summed E-state index contributed by atoms with van der Waals surface area (Å²) in [6.45, 7) is 3.05. The fourth-order valence-corrected chi connectivity index (χ4v) is 3.29. The van der Waals surface area contributed by atoms with Gasteiger partial charge >= 0.3 is 0 Å². The van der Waals surface area contributed by atoms with Crippen molar-refractivity contribution in [3.63, 3.8) is 0 Å². The molecule has 4 nitrogen and oxygen atoms in total. The number of pyridine rings is 1. The number of anilines is 1. The van der Waals surface area contributed by atoms with Gasteiger partial charge in [0.25, 0.3) is 5.91 Å². The number of amides is 1. The summed E-state index contributed by atoms with van der Waals surface area (Å²) in [7, 11) is 0. The third kappa shape index (κ3) is 3.36. The van der Waals surface area contributed by atoms with Crippen molar-refractivity contribution in [2.75, 3.05) is 12.3 Å². The largest absolute Gasteiger partial charge is 0.399 e. The van der Waals surface area contributed by atoms with E-state index in [-0.39, 0.29) is 5.91 Å². The third-order valence-corrected chi connectivity index (χ3v) is 4.47. The minimum absolute atomic E-state index is 0.146. The quantitative estimate of drug-likeness (QED) is 0.936. The predicted octanol–water partition coefficient (Wildman–Crippen LogP) is 3.74. The fourth-order valence-electron chi connectivity index (χ4n) is 3.29. The van der Waals surface area contributed by atoms with E-state index in [0.29, 0.717) is 11.7 Å². The van der Waals surface area contributed by atoms with Crippen LogP contribution in [-0.2, 0) is 0 Å². The van der Waals surface area contributed by atoms with Crippen molar-refractivity contribution in [3.05, 3.63) is 48.2 Å². The van der Waals surface area contributed by atoms with Crippen molar-refractivity contribution < 1.29 is 4.79 Å². The number of nitrogens with zero attached hydrogens (tertiary/aromatic N) is 2. The predicted molar refractivity (Wildman–Crippen MR) is 93.1 cm³/mol. The molecule has 0 radical (unpaired) electrons. The molecule has 120 valence electrons. The lowest BCUT2D eigenvalue weighted by molar-refractivity contribution is 0.0730. The molecule has 1 atom stereocenters. The Bertz CT molecular complexity index is 681. The molecule has 2 heterocycles. The number of aromatic nitrogens is 1. The maximum absolute atomic E-state index is 12.7. The highest BCUT2D eigenvalue weighted by atomic mass is 16.2. The van der Waals surface area contributed by atoms with E-state index in [1.807, 2.05) is 35.2 Å². The Hall–Kier alpha value is -2.36. The zero-order valence-corrected chi connectivity index (χ0v) is 13.5. The Kier molecular flexibility index (Phi) is 4.60. The van der Waals surface area contributed by atoms with E-state index in [9.17, 15) is 4.79 Å². The molecular weight excluding hydrogens is 286 g/mol. The zero-order chi connectivity index (χ0) is 16.2. The first-order valence-corrected chi connectivity index (χ1v) is 8.32. The van der Waals surface area contributed by atoms with E-state index >= 15 is 0 Å². The second-order valence-electron chi connectivity index (χ2n) is 6.14. The summed E-state index contributed by atoms with van der Waals surface area (Å²) in [4.78, 5) is 19.1. The van der Waals surface area contributed by atoms with Crippen LogP contribution in [0.4, 0.5) is 5.69 Å². The normalized spacial score (nSPS) is 17.4. The molecule has 1 aromatic carbocycles. The van der Waals surface area contributed by atoms with Crippen LogP contribution >= 0.6 is 0 Å². The highest BCUT2D eigenvalue weighted by Gasteiger charge is 2.28. The molecule has 1 amide bonds. The molecule has 1 saturated heterocycles. The minimum Gasteiger partial charge on any atom is -0.399 e. The van der Waals surface area contributed by atoms with E-state index in [1.165, 1.54) is 0 Å². The van der Waals surface area contributed by atoms with Crippen molar-refractivity contribution in [1.82, 2.24) is 9.88 Å². The summed E-state index contributed by atoms with van der Waals surface area (Å²) in [5.41, 5.74) is 9.04. The molecular formula is C19H23N3O. The lowest BCUT2D eigenvalue weighted by atomic mass is 10.1. The van der Waals surface area contributed by atoms with Crippen LogP contribution in [0.2, 0.25) is 0 Å². The van der Waals surface area contributed by atoms with Crippen LogP contribution < -0.4 is 5.73 Å². The van der Waals surface area contributed by atoms with E-state index in [2.05, 4.69) is 11.9 Å². The molecule has 23 heavy (non-hydrogen) atoms. The summed E-state index contributed by atoms with van der Waals surface area (Å²) in [5.74, 6) is 0.146. The van der Waals surface area contributed by atoms with Crippen molar-refractivity contribution in [2.24, 2.45) is 0 Å². The van der Waals surface area contributed by atoms with Crippen LogP contribution in [-0.4, -0.2) is 28.4 Å². The van der Waals surface area contributed by atoms with Crippen molar-refractivity contribution >= 4 is 11.6 Å². The second kappa shape index (κ2) is 6.82. The van der Waals surface area contributed by atoms with Crippen molar-refractivity contribution in [2.45, 2.75) is 38.6 Å². The Balaban J connectivity index is 1.78. The number of carbonyl (C=O) groups is 1. The summed E-state index contributed by atoms with van der Waals surface area (Å²) in [5, 5.41) is 0. The van der Waals surface area contributed by atoms with Crippen LogP contribution in [0.5, 0.6) is 0 Å². The van der Waals surface area contributed by atoms with E-state index in [4.69, 9.17) is 5.73 Å². The van der Waals surface area contributed by atoms with Crippen LogP contribution in [0.15, 0.2) is 42.6 Å². The molecule has 0 bridgehead atoms. The summed E-state index contributed by atoms with van der Waals surface area (Å²) < 4.78 is 0. The first-order chi connectivity index (χ1) is 11.2. The summed E-state index contributed by atoms with van der Waals surface area (Å²) in [6.07, 6.45) is 6.15. The number of nitrogens with two attached hydrogens (primary N) is 1. The molecule has 1 aromatic heterocycles. The molecule has 0 spiro atoms. The highest BCUT2D eigenvalue weighted by Crippen LogP contribution is 2.25.